The summed E-state index contributed by atoms with van der Waals surface area (Å²) in [6, 6.07) is 14.0. The lowest BCUT2D eigenvalue weighted by atomic mass is 10.1. The highest BCUT2D eigenvalue weighted by molar-refractivity contribution is 6.02. The van der Waals surface area contributed by atoms with E-state index in [9.17, 15) is 14.4 Å². The van der Waals surface area contributed by atoms with Gasteiger partial charge in [0.25, 0.3) is 11.8 Å². The van der Waals surface area contributed by atoms with Crippen LogP contribution in [0.15, 0.2) is 54.6 Å². The van der Waals surface area contributed by atoms with Crippen LogP contribution in [0.4, 0.5) is 5.69 Å². The summed E-state index contributed by atoms with van der Waals surface area (Å²) in [4.78, 5) is 39.2. The van der Waals surface area contributed by atoms with Crippen LogP contribution in [0, 0.1) is 0 Å². The van der Waals surface area contributed by atoms with Crippen LogP contribution < -0.4 is 16.1 Å². The molecule has 158 valence electrons. The Morgan fingerprint density at radius 1 is 0.967 bits per heavy atom. The van der Waals surface area contributed by atoms with Crippen molar-refractivity contribution < 1.29 is 24.3 Å². The molecule has 30 heavy (non-hydrogen) atoms. The van der Waals surface area contributed by atoms with E-state index in [4.69, 9.17) is 9.94 Å². The van der Waals surface area contributed by atoms with Crippen molar-refractivity contribution >= 4 is 23.4 Å². The molecule has 0 aromatic heterocycles. The topological polar surface area (TPSA) is 120 Å². The van der Waals surface area contributed by atoms with Crippen LogP contribution >= 0.6 is 0 Å². The van der Waals surface area contributed by atoms with Gasteiger partial charge in [-0.2, -0.15) is 0 Å². The van der Waals surface area contributed by atoms with E-state index in [1.54, 1.807) is 41.9 Å². The number of ether oxygens (including phenoxy) is 1. The van der Waals surface area contributed by atoms with Gasteiger partial charge in [-0.05, 0) is 30.3 Å². The smallest absolute Gasteiger partial charge is 0.274 e. The van der Waals surface area contributed by atoms with E-state index in [2.05, 4.69) is 15.5 Å². The summed E-state index contributed by atoms with van der Waals surface area (Å²) in [7, 11) is 0. The van der Waals surface area contributed by atoms with Crippen LogP contribution in [-0.4, -0.2) is 66.7 Å². The monoisotopic (exact) mass is 412 g/mol. The maximum absolute atomic E-state index is 13.0. The predicted octanol–water partition coefficient (Wildman–Crippen LogP) is 0.875. The van der Waals surface area contributed by atoms with Crippen molar-refractivity contribution in [3.8, 4) is 0 Å². The predicted molar refractivity (Wildman–Crippen MR) is 109 cm³/mol. The van der Waals surface area contributed by atoms with Gasteiger partial charge < -0.3 is 15.4 Å². The normalized spacial score (nSPS) is 15.1. The number of hydrogen-bond acceptors (Lipinski definition) is 6. The molecule has 1 aliphatic rings. The molecular formula is C21H24N4O5. The summed E-state index contributed by atoms with van der Waals surface area (Å²) < 4.78 is 5.35. The van der Waals surface area contributed by atoms with Gasteiger partial charge in [0.1, 0.15) is 6.04 Å². The fourth-order valence-corrected chi connectivity index (χ4v) is 3.10. The van der Waals surface area contributed by atoms with E-state index in [1.807, 2.05) is 6.07 Å². The molecule has 3 amide bonds. The highest BCUT2D eigenvalue weighted by Crippen LogP contribution is 2.12. The van der Waals surface area contributed by atoms with E-state index < -0.39 is 17.9 Å². The second kappa shape index (κ2) is 10.5. The lowest BCUT2D eigenvalue weighted by Gasteiger charge is -2.30. The Labute approximate surface area is 174 Å². The minimum Gasteiger partial charge on any atom is -0.379 e. The van der Waals surface area contributed by atoms with Crippen LogP contribution in [0.1, 0.15) is 20.7 Å². The molecule has 3 rings (SSSR count). The number of nitrogens with zero attached hydrogens (tertiary/aromatic N) is 1. The van der Waals surface area contributed by atoms with Crippen molar-refractivity contribution in [1.82, 2.24) is 15.7 Å². The third kappa shape index (κ3) is 5.86. The van der Waals surface area contributed by atoms with Crippen LogP contribution in [0.25, 0.3) is 0 Å². The number of carbonyl (C=O) groups is 3. The van der Waals surface area contributed by atoms with Crippen molar-refractivity contribution in [3.05, 3.63) is 65.7 Å². The van der Waals surface area contributed by atoms with Crippen molar-refractivity contribution in [2.75, 3.05) is 38.2 Å². The number of morpholine rings is 1. The van der Waals surface area contributed by atoms with Crippen LogP contribution in [0.2, 0.25) is 0 Å². The first-order valence-corrected chi connectivity index (χ1v) is 9.58. The SMILES string of the molecule is O=C(NO)c1cccc(NC(=O)C(CN2CCOCC2)NC(=O)c2ccccc2)c1. The van der Waals surface area contributed by atoms with Crippen molar-refractivity contribution in [3.63, 3.8) is 0 Å². The number of hydrogen-bond donors (Lipinski definition) is 4. The van der Waals surface area contributed by atoms with E-state index >= 15 is 0 Å². The summed E-state index contributed by atoms with van der Waals surface area (Å²) in [6.45, 7) is 2.79. The average molecular weight is 412 g/mol. The van der Waals surface area contributed by atoms with Gasteiger partial charge in [-0.15, -0.1) is 0 Å². The fraction of sp³-hybridized carbons (Fsp3) is 0.286. The molecule has 1 aliphatic heterocycles. The molecular weight excluding hydrogens is 388 g/mol. The molecule has 2 aromatic rings. The highest BCUT2D eigenvalue weighted by atomic mass is 16.5. The summed E-state index contributed by atoms with van der Waals surface area (Å²) in [6.07, 6.45) is 0. The Morgan fingerprint density at radius 2 is 1.67 bits per heavy atom. The first-order chi connectivity index (χ1) is 14.6. The molecule has 1 fully saturated rings. The van der Waals surface area contributed by atoms with E-state index in [0.29, 0.717) is 44.1 Å². The Hall–Kier alpha value is -3.27. The minimum absolute atomic E-state index is 0.188. The zero-order chi connectivity index (χ0) is 21.3. The van der Waals surface area contributed by atoms with Gasteiger partial charge in [0.15, 0.2) is 0 Å². The molecule has 0 radical (unpaired) electrons. The highest BCUT2D eigenvalue weighted by Gasteiger charge is 2.25. The Balaban J connectivity index is 1.73. The van der Waals surface area contributed by atoms with Gasteiger partial charge >= 0.3 is 0 Å². The lowest BCUT2D eigenvalue weighted by molar-refractivity contribution is -0.118. The number of rotatable bonds is 7. The van der Waals surface area contributed by atoms with E-state index in [1.165, 1.54) is 12.1 Å². The molecule has 0 bridgehead atoms. The molecule has 4 N–H and O–H groups in total. The quantitative estimate of drug-likeness (QED) is 0.396. The number of anilines is 1. The molecule has 9 nitrogen and oxygen atoms in total. The third-order valence-electron chi connectivity index (χ3n) is 4.70. The summed E-state index contributed by atoms with van der Waals surface area (Å²) in [5.41, 5.74) is 2.58. The standard InChI is InChI=1S/C21H24N4O5/c26-19(15-5-2-1-3-6-15)23-18(14-25-9-11-30-12-10-25)21(28)22-17-8-4-7-16(13-17)20(27)24-29/h1-8,13,18,29H,9-12,14H2,(H,22,28)(H,23,26)(H,24,27). The van der Waals surface area contributed by atoms with Crippen molar-refractivity contribution in [2.45, 2.75) is 6.04 Å². The number of nitrogens with one attached hydrogen (secondary N) is 3. The van der Waals surface area contributed by atoms with Gasteiger partial charge in [-0.25, -0.2) is 5.48 Å². The zero-order valence-electron chi connectivity index (χ0n) is 16.3. The molecule has 1 unspecified atom stereocenters. The van der Waals surface area contributed by atoms with Gasteiger partial charge in [-0.3, -0.25) is 24.5 Å². The molecule has 1 heterocycles. The Bertz CT molecular complexity index is 884. The number of amides is 3. The first kappa shape index (κ1) is 21.4. The van der Waals surface area contributed by atoms with Crippen LogP contribution in [-0.2, 0) is 9.53 Å². The number of hydroxylamine groups is 1. The fourth-order valence-electron chi connectivity index (χ4n) is 3.10. The summed E-state index contributed by atoms with van der Waals surface area (Å²) in [5.74, 6) is -1.45. The number of benzene rings is 2. The average Bonchev–Trinajstić information content (AvgIpc) is 2.79. The van der Waals surface area contributed by atoms with E-state index in [0.717, 1.165) is 0 Å². The van der Waals surface area contributed by atoms with E-state index in [-0.39, 0.29) is 11.5 Å². The zero-order valence-corrected chi connectivity index (χ0v) is 16.3. The third-order valence-corrected chi connectivity index (χ3v) is 4.70. The molecule has 2 aromatic carbocycles. The van der Waals surface area contributed by atoms with Crippen molar-refractivity contribution in [2.24, 2.45) is 0 Å². The molecule has 1 atom stereocenters. The van der Waals surface area contributed by atoms with Gasteiger partial charge in [0, 0.05) is 36.4 Å². The maximum atomic E-state index is 13.0. The first-order valence-electron chi connectivity index (χ1n) is 9.58. The summed E-state index contributed by atoms with van der Waals surface area (Å²) >= 11 is 0. The Morgan fingerprint density at radius 3 is 2.37 bits per heavy atom. The largest absolute Gasteiger partial charge is 0.379 e. The van der Waals surface area contributed by atoms with Crippen LogP contribution in [0.3, 0.4) is 0 Å². The molecule has 0 saturated carbocycles. The Kier molecular flexibility index (Phi) is 7.50. The van der Waals surface area contributed by atoms with Gasteiger partial charge in [0.05, 0.1) is 13.2 Å². The minimum atomic E-state index is -0.814. The second-order valence-electron chi connectivity index (χ2n) is 6.82. The number of carbonyl (C=O) groups excluding carboxylic acids is 3. The lowest BCUT2D eigenvalue weighted by Crippen LogP contribution is -2.52. The van der Waals surface area contributed by atoms with Gasteiger partial charge in [-0.1, -0.05) is 24.3 Å². The van der Waals surface area contributed by atoms with Crippen LogP contribution in [0.5, 0.6) is 0 Å². The molecule has 1 saturated heterocycles. The molecule has 0 aliphatic carbocycles. The summed E-state index contributed by atoms with van der Waals surface area (Å²) in [5, 5.41) is 14.3. The molecule has 9 heteroatoms. The second-order valence-corrected chi connectivity index (χ2v) is 6.82. The van der Waals surface area contributed by atoms with Crippen molar-refractivity contribution in [1.29, 1.82) is 0 Å². The van der Waals surface area contributed by atoms with Gasteiger partial charge in [0.2, 0.25) is 5.91 Å². The molecule has 0 spiro atoms. The maximum Gasteiger partial charge on any atom is 0.274 e.